The average Bonchev–Trinajstić information content (AvgIpc) is 3.23. The van der Waals surface area contributed by atoms with Crippen molar-refractivity contribution in [3.63, 3.8) is 0 Å². The Morgan fingerprint density at radius 3 is 2.50 bits per heavy atom. The monoisotopic (exact) mass is 372 g/mol. The maximum atomic E-state index is 12.8. The molecule has 7 nitrogen and oxygen atoms in total. The first-order chi connectivity index (χ1) is 12.6. The molecule has 136 valence electrons. The second-order valence-corrected chi connectivity index (χ2v) is 8.54. The Labute approximate surface area is 152 Å². The van der Waals surface area contributed by atoms with E-state index in [1.807, 2.05) is 0 Å². The van der Waals surface area contributed by atoms with E-state index in [0.717, 1.165) is 24.1 Å². The number of amides is 1. The van der Waals surface area contributed by atoms with Crippen LogP contribution < -0.4 is 0 Å². The van der Waals surface area contributed by atoms with Crippen molar-refractivity contribution < 1.29 is 13.2 Å². The van der Waals surface area contributed by atoms with Gasteiger partial charge in [0.05, 0.1) is 10.6 Å². The normalized spacial score (nSPS) is 17.9. The lowest BCUT2D eigenvalue weighted by atomic mass is 10.1. The fourth-order valence-corrected chi connectivity index (χ4v) is 4.99. The third-order valence-corrected chi connectivity index (χ3v) is 6.87. The fourth-order valence-electron chi connectivity index (χ4n) is 3.47. The van der Waals surface area contributed by atoms with Gasteiger partial charge in [-0.25, -0.2) is 18.4 Å². The van der Waals surface area contributed by atoms with Crippen LogP contribution in [0.1, 0.15) is 34.5 Å². The molecule has 2 aliphatic rings. The smallest absolute Gasteiger partial charge is 0.254 e. The van der Waals surface area contributed by atoms with Gasteiger partial charge in [-0.2, -0.15) is 4.31 Å². The van der Waals surface area contributed by atoms with Gasteiger partial charge in [0.1, 0.15) is 6.33 Å². The molecule has 1 fully saturated rings. The number of fused-ring (bicyclic) bond motifs is 1. The van der Waals surface area contributed by atoms with Gasteiger partial charge in [0, 0.05) is 49.9 Å². The van der Waals surface area contributed by atoms with E-state index in [0.29, 0.717) is 38.2 Å². The van der Waals surface area contributed by atoms with E-state index >= 15 is 0 Å². The number of nitrogens with zero attached hydrogens (tertiary/aromatic N) is 4. The summed E-state index contributed by atoms with van der Waals surface area (Å²) < 4.78 is 26.6. The lowest BCUT2D eigenvalue weighted by molar-refractivity contribution is 0.0733. The number of carbonyl (C=O) groups is 1. The fraction of sp³-hybridized carbons (Fsp3) is 0.389. The third kappa shape index (κ3) is 3.10. The summed E-state index contributed by atoms with van der Waals surface area (Å²) in [6.07, 6.45) is 5.76. The SMILES string of the molecule is O=C(c1ccc(S(=O)(=O)N2CCCC2)cc1)N1CCc2ncncc2C1. The Hall–Kier alpha value is -2.32. The average molecular weight is 372 g/mol. The molecule has 1 saturated heterocycles. The number of sulfonamides is 1. The van der Waals surface area contributed by atoms with E-state index in [1.54, 1.807) is 23.2 Å². The van der Waals surface area contributed by atoms with Crippen LogP contribution in [-0.4, -0.2) is 53.1 Å². The highest BCUT2D eigenvalue weighted by molar-refractivity contribution is 7.89. The molecule has 0 N–H and O–H groups in total. The summed E-state index contributed by atoms with van der Waals surface area (Å²) in [4.78, 5) is 23.0. The molecule has 0 bridgehead atoms. The zero-order valence-electron chi connectivity index (χ0n) is 14.3. The highest BCUT2D eigenvalue weighted by Crippen LogP contribution is 2.22. The predicted molar refractivity (Wildman–Crippen MR) is 94.9 cm³/mol. The Morgan fingerprint density at radius 1 is 1.04 bits per heavy atom. The molecule has 8 heteroatoms. The highest BCUT2D eigenvalue weighted by Gasteiger charge is 2.28. The summed E-state index contributed by atoms with van der Waals surface area (Å²) in [7, 11) is -3.45. The first-order valence-electron chi connectivity index (χ1n) is 8.73. The maximum Gasteiger partial charge on any atom is 0.254 e. The number of rotatable bonds is 3. The summed E-state index contributed by atoms with van der Waals surface area (Å²) in [6.45, 7) is 2.20. The Kier molecular flexibility index (Phi) is 4.46. The van der Waals surface area contributed by atoms with E-state index in [1.165, 1.54) is 22.8 Å². The van der Waals surface area contributed by atoms with Crippen molar-refractivity contribution in [2.24, 2.45) is 0 Å². The molecule has 2 aliphatic heterocycles. The molecule has 0 unspecified atom stereocenters. The van der Waals surface area contributed by atoms with Crippen molar-refractivity contribution >= 4 is 15.9 Å². The van der Waals surface area contributed by atoms with Crippen LogP contribution >= 0.6 is 0 Å². The molecule has 0 saturated carbocycles. The van der Waals surface area contributed by atoms with Gasteiger partial charge >= 0.3 is 0 Å². The molecule has 26 heavy (non-hydrogen) atoms. The van der Waals surface area contributed by atoms with Crippen LogP contribution in [0, 0.1) is 0 Å². The van der Waals surface area contributed by atoms with E-state index in [4.69, 9.17) is 0 Å². The van der Waals surface area contributed by atoms with Gasteiger partial charge in [-0.05, 0) is 37.1 Å². The zero-order chi connectivity index (χ0) is 18.1. The Morgan fingerprint density at radius 2 is 1.77 bits per heavy atom. The number of benzene rings is 1. The number of carbonyl (C=O) groups excluding carboxylic acids is 1. The quantitative estimate of drug-likeness (QED) is 0.814. The van der Waals surface area contributed by atoms with Crippen molar-refractivity contribution in [3.8, 4) is 0 Å². The van der Waals surface area contributed by atoms with Crippen LogP contribution in [-0.2, 0) is 23.0 Å². The van der Waals surface area contributed by atoms with Crippen LogP contribution in [0.4, 0.5) is 0 Å². The minimum atomic E-state index is -3.45. The summed E-state index contributed by atoms with van der Waals surface area (Å²) in [5.74, 6) is -0.107. The van der Waals surface area contributed by atoms with Gasteiger partial charge in [0.15, 0.2) is 0 Å². The molecule has 0 spiro atoms. The van der Waals surface area contributed by atoms with Crippen LogP contribution in [0.3, 0.4) is 0 Å². The topological polar surface area (TPSA) is 83.5 Å². The van der Waals surface area contributed by atoms with Gasteiger partial charge in [0.2, 0.25) is 10.0 Å². The van der Waals surface area contributed by atoms with Crippen LogP contribution in [0.15, 0.2) is 41.7 Å². The molecular weight excluding hydrogens is 352 g/mol. The van der Waals surface area contributed by atoms with Gasteiger partial charge in [-0.15, -0.1) is 0 Å². The van der Waals surface area contributed by atoms with E-state index in [9.17, 15) is 13.2 Å². The molecular formula is C18H20N4O3S. The summed E-state index contributed by atoms with van der Waals surface area (Å²) in [5.41, 5.74) is 2.43. The van der Waals surface area contributed by atoms with Crippen molar-refractivity contribution in [2.75, 3.05) is 19.6 Å². The standard InChI is InChI=1S/C18H20N4O3S/c23-18(21-10-7-17-15(12-21)11-19-13-20-17)14-3-5-16(6-4-14)26(24,25)22-8-1-2-9-22/h3-6,11,13H,1-2,7-10,12H2. The predicted octanol–water partition coefficient (Wildman–Crippen LogP) is 1.46. The van der Waals surface area contributed by atoms with E-state index < -0.39 is 10.0 Å². The molecule has 0 atom stereocenters. The molecule has 1 aromatic carbocycles. The van der Waals surface area contributed by atoms with Crippen molar-refractivity contribution in [2.45, 2.75) is 30.7 Å². The maximum absolute atomic E-state index is 12.8. The van der Waals surface area contributed by atoms with E-state index in [-0.39, 0.29) is 10.8 Å². The molecule has 4 rings (SSSR count). The minimum Gasteiger partial charge on any atom is -0.334 e. The van der Waals surface area contributed by atoms with Crippen molar-refractivity contribution in [1.29, 1.82) is 0 Å². The van der Waals surface area contributed by atoms with Crippen LogP contribution in [0.25, 0.3) is 0 Å². The van der Waals surface area contributed by atoms with Gasteiger partial charge in [0.25, 0.3) is 5.91 Å². The second-order valence-electron chi connectivity index (χ2n) is 6.61. The minimum absolute atomic E-state index is 0.107. The summed E-state index contributed by atoms with van der Waals surface area (Å²) in [5, 5.41) is 0. The Balaban J connectivity index is 1.51. The molecule has 1 aromatic heterocycles. The zero-order valence-corrected chi connectivity index (χ0v) is 15.2. The molecule has 3 heterocycles. The van der Waals surface area contributed by atoms with Crippen molar-refractivity contribution in [3.05, 3.63) is 53.6 Å². The largest absolute Gasteiger partial charge is 0.334 e. The summed E-state index contributed by atoms with van der Waals surface area (Å²) in [6, 6.07) is 6.26. The van der Waals surface area contributed by atoms with Gasteiger partial charge < -0.3 is 4.90 Å². The number of hydrogen-bond donors (Lipinski definition) is 0. The lowest BCUT2D eigenvalue weighted by Crippen LogP contribution is -2.36. The van der Waals surface area contributed by atoms with E-state index in [2.05, 4.69) is 9.97 Å². The Bertz CT molecular complexity index is 922. The third-order valence-electron chi connectivity index (χ3n) is 4.95. The first kappa shape index (κ1) is 17.1. The first-order valence-corrected chi connectivity index (χ1v) is 10.2. The van der Waals surface area contributed by atoms with Crippen LogP contribution in [0.2, 0.25) is 0 Å². The van der Waals surface area contributed by atoms with Crippen molar-refractivity contribution in [1.82, 2.24) is 19.2 Å². The molecule has 0 radical (unpaired) electrons. The number of aromatic nitrogens is 2. The summed E-state index contributed by atoms with van der Waals surface area (Å²) >= 11 is 0. The number of hydrogen-bond acceptors (Lipinski definition) is 5. The highest BCUT2D eigenvalue weighted by atomic mass is 32.2. The van der Waals surface area contributed by atoms with Crippen LogP contribution in [0.5, 0.6) is 0 Å². The molecule has 2 aromatic rings. The lowest BCUT2D eigenvalue weighted by Gasteiger charge is -2.28. The molecule has 0 aliphatic carbocycles. The van der Waals surface area contributed by atoms with Gasteiger partial charge in [-0.1, -0.05) is 0 Å². The second kappa shape index (κ2) is 6.77. The molecule has 1 amide bonds. The van der Waals surface area contributed by atoms with Gasteiger partial charge in [-0.3, -0.25) is 4.79 Å².